The molecular formula is C12H14FN3. The minimum atomic E-state index is -0.539. The fourth-order valence-corrected chi connectivity index (χ4v) is 2.30. The summed E-state index contributed by atoms with van der Waals surface area (Å²) in [6, 6.07) is 1.74. The Morgan fingerprint density at radius 2 is 2.12 bits per heavy atom. The standard InChI is InChI=1S/C12H14FN3/c13-12-10(15-8-16-11(12)7-14)6-5-9-3-1-2-4-9/h8-9H,1-6H2. The Morgan fingerprint density at radius 1 is 1.38 bits per heavy atom. The number of aromatic nitrogens is 2. The lowest BCUT2D eigenvalue weighted by Crippen LogP contribution is -2.03. The summed E-state index contributed by atoms with van der Waals surface area (Å²) < 4.78 is 13.6. The number of nitrogens with zero attached hydrogens (tertiary/aromatic N) is 3. The minimum Gasteiger partial charge on any atom is -0.238 e. The molecule has 2 rings (SSSR count). The van der Waals surface area contributed by atoms with Gasteiger partial charge in [-0.15, -0.1) is 0 Å². The van der Waals surface area contributed by atoms with Crippen molar-refractivity contribution in [2.24, 2.45) is 5.92 Å². The molecule has 1 aromatic heterocycles. The Balaban J connectivity index is 2.01. The molecule has 0 saturated heterocycles. The Hall–Kier alpha value is -1.50. The van der Waals surface area contributed by atoms with Gasteiger partial charge in [0, 0.05) is 0 Å². The summed E-state index contributed by atoms with van der Waals surface area (Å²) in [5.41, 5.74) is 0.245. The highest BCUT2D eigenvalue weighted by atomic mass is 19.1. The van der Waals surface area contributed by atoms with Crippen molar-refractivity contribution in [3.05, 3.63) is 23.5 Å². The van der Waals surface area contributed by atoms with E-state index < -0.39 is 5.82 Å². The Labute approximate surface area is 94.3 Å². The highest BCUT2D eigenvalue weighted by Gasteiger charge is 2.17. The highest BCUT2D eigenvalue weighted by Crippen LogP contribution is 2.28. The van der Waals surface area contributed by atoms with E-state index in [9.17, 15) is 4.39 Å². The molecule has 1 saturated carbocycles. The molecule has 1 aliphatic rings. The quantitative estimate of drug-likeness (QED) is 0.785. The molecule has 0 amide bonds. The van der Waals surface area contributed by atoms with Crippen LogP contribution in [-0.4, -0.2) is 9.97 Å². The zero-order chi connectivity index (χ0) is 11.4. The fourth-order valence-electron chi connectivity index (χ4n) is 2.30. The van der Waals surface area contributed by atoms with Gasteiger partial charge in [0.15, 0.2) is 11.5 Å². The summed E-state index contributed by atoms with van der Waals surface area (Å²) in [5.74, 6) is 0.169. The Morgan fingerprint density at radius 3 is 2.81 bits per heavy atom. The third-order valence-corrected chi connectivity index (χ3v) is 3.23. The van der Waals surface area contributed by atoms with Gasteiger partial charge >= 0.3 is 0 Å². The molecule has 0 N–H and O–H groups in total. The largest absolute Gasteiger partial charge is 0.238 e. The van der Waals surface area contributed by atoms with Crippen molar-refractivity contribution in [2.45, 2.75) is 38.5 Å². The SMILES string of the molecule is N#Cc1ncnc(CCC2CCCC2)c1F. The van der Waals surface area contributed by atoms with E-state index in [-0.39, 0.29) is 5.69 Å². The van der Waals surface area contributed by atoms with Crippen LogP contribution < -0.4 is 0 Å². The number of rotatable bonds is 3. The summed E-state index contributed by atoms with van der Waals surface area (Å²) in [6.45, 7) is 0. The zero-order valence-electron chi connectivity index (χ0n) is 9.12. The van der Waals surface area contributed by atoms with Crippen LogP contribution in [0.2, 0.25) is 0 Å². The van der Waals surface area contributed by atoms with Gasteiger partial charge in [-0.25, -0.2) is 14.4 Å². The number of hydrogen-bond donors (Lipinski definition) is 0. The van der Waals surface area contributed by atoms with Crippen LogP contribution in [0.15, 0.2) is 6.33 Å². The van der Waals surface area contributed by atoms with Crippen LogP contribution in [0.1, 0.15) is 43.5 Å². The van der Waals surface area contributed by atoms with Gasteiger partial charge in [0.05, 0.1) is 5.69 Å². The lowest BCUT2D eigenvalue weighted by atomic mass is 10.0. The molecule has 0 aromatic carbocycles. The van der Waals surface area contributed by atoms with Crippen molar-refractivity contribution in [1.82, 2.24) is 9.97 Å². The van der Waals surface area contributed by atoms with Gasteiger partial charge in [0.2, 0.25) is 0 Å². The topological polar surface area (TPSA) is 49.6 Å². The second-order valence-corrected chi connectivity index (χ2v) is 4.28. The van der Waals surface area contributed by atoms with E-state index in [1.54, 1.807) is 6.07 Å². The summed E-state index contributed by atoms with van der Waals surface area (Å²) >= 11 is 0. The van der Waals surface area contributed by atoms with Gasteiger partial charge < -0.3 is 0 Å². The number of halogens is 1. The third kappa shape index (κ3) is 2.35. The number of hydrogen-bond acceptors (Lipinski definition) is 3. The van der Waals surface area contributed by atoms with Crippen LogP contribution >= 0.6 is 0 Å². The normalized spacial score (nSPS) is 16.2. The first-order chi connectivity index (χ1) is 7.81. The first-order valence-electron chi connectivity index (χ1n) is 5.70. The van der Waals surface area contributed by atoms with Gasteiger partial charge in [-0.2, -0.15) is 5.26 Å². The second-order valence-electron chi connectivity index (χ2n) is 4.28. The molecule has 16 heavy (non-hydrogen) atoms. The maximum absolute atomic E-state index is 13.6. The number of aryl methyl sites for hydroxylation is 1. The average molecular weight is 219 g/mol. The van der Waals surface area contributed by atoms with E-state index in [2.05, 4.69) is 9.97 Å². The second kappa shape index (κ2) is 5.02. The van der Waals surface area contributed by atoms with Crippen molar-refractivity contribution in [3.63, 3.8) is 0 Å². The van der Waals surface area contributed by atoms with Crippen molar-refractivity contribution < 1.29 is 4.39 Å². The van der Waals surface area contributed by atoms with Crippen molar-refractivity contribution in [3.8, 4) is 6.07 Å². The monoisotopic (exact) mass is 219 g/mol. The molecule has 1 heterocycles. The lowest BCUT2D eigenvalue weighted by molar-refractivity contribution is 0.487. The summed E-state index contributed by atoms with van der Waals surface area (Å²) in [5, 5.41) is 8.64. The first kappa shape index (κ1) is 11.0. The van der Waals surface area contributed by atoms with E-state index in [1.807, 2.05) is 0 Å². The van der Waals surface area contributed by atoms with E-state index in [0.29, 0.717) is 18.0 Å². The molecule has 1 fully saturated rings. The maximum Gasteiger partial charge on any atom is 0.181 e. The van der Waals surface area contributed by atoms with E-state index in [0.717, 1.165) is 6.42 Å². The molecule has 1 aliphatic carbocycles. The molecule has 0 aliphatic heterocycles. The molecule has 3 nitrogen and oxygen atoms in total. The van der Waals surface area contributed by atoms with Crippen LogP contribution in [0.3, 0.4) is 0 Å². The molecule has 0 unspecified atom stereocenters. The van der Waals surface area contributed by atoms with Gasteiger partial charge in [-0.05, 0) is 18.8 Å². The van der Waals surface area contributed by atoms with Gasteiger partial charge in [0.1, 0.15) is 12.4 Å². The minimum absolute atomic E-state index is 0.142. The summed E-state index contributed by atoms with van der Waals surface area (Å²) in [6.07, 6.45) is 7.94. The smallest absolute Gasteiger partial charge is 0.181 e. The average Bonchev–Trinajstić information content (AvgIpc) is 2.81. The molecule has 0 radical (unpaired) electrons. The fraction of sp³-hybridized carbons (Fsp3) is 0.583. The van der Waals surface area contributed by atoms with Gasteiger partial charge in [-0.3, -0.25) is 0 Å². The summed E-state index contributed by atoms with van der Waals surface area (Å²) in [7, 11) is 0. The molecule has 0 atom stereocenters. The van der Waals surface area contributed by atoms with E-state index in [4.69, 9.17) is 5.26 Å². The van der Waals surface area contributed by atoms with Crippen LogP contribution in [0.25, 0.3) is 0 Å². The highest BCUT2D eigenvalue weighted by molar-refractivity contribution is 5.23. The van der Waals surface area contributed by atoms with E-state index >= 15 is 0 Å². The number of nitriles is 1. The molecule has 0 spiro atoms. The van der Waals surface area contributed by atoms with Crippen molar-refractivity contribution >= 4 is 0 Å². The predicted molar refractivity (Wildman–Crippen MR) is 57.0 cm³/mol. The Bertz CT molecular complexity index is 405. The van der Waals surface area contributed by atoms with E-state index in [1.165, 1.54) is 32.0 Å². The lowest BCUT2D eigenvalue weighted by Gasteiger charge is -2.08. The zero-order valence-corrected chi connectivity index (χ0v) is 9.12. The van der Waals surface area contributed by atoms with Gasteiger partial charge in [-0.1, -0.05) is 25.7 Å². The molecule has 4 heteroatoms. The predicted octanol–water partition coefficient (Wildman–Crippen LogP) is 2.61. The van der Waals surface area contributed by atoms with Crippen LogP contribution in [-0.2, 0) is 6.42 Å². The first-order valence-corrected chi connectivity index (χ1v) is 5.70. The maximum atomic E-state index is 13.6. The third-order valence-electron chi connectivity index (χ3n) is 3.23. The van der Waals surface area contributed by atoms with Crippen molar-refractivity contribution in [1.29, 1.82) is 5.26 Å². The molecule has 84 valence electrons. The van der Waals surface area contributed by atoms with Crippen LogP contribution in [0.5, 0.6) is 0 Å². The van der Waals surface area contributed by atoms with Crippen molar-refractivity contribution in [2.75, 3.05) is 0 Å². The molecule has 1 aromatic rings. The molecule has 0 bridgehead atoms. The summed E-state index contributed by atoms with van der Waals surface area (Å²) in [4.78, 5) is 7.50. The molecular weight excluding hydrogens is 205 g/mol. The van der Waals surface area contributed by atoms with Crippen LogP contribution in [0.4, 0.5) is 4.39 Å². The van der Waals surface area contributed by atoms with Crippen LogP contribution in [0, 0.1) is 23.1 Å². The Kier molecular flexibility index (Phi) is 3.45. The van der Waals surface area contributed by atoms with Gasteiger partial charge in [0.25, 0.3) is 0 Å².